The van der Waals surface area contributed by atoms with Crippen LogP contribution in [0.3, 0.4) is 0 Å². The summed E-state index contributed by atoms with van der Waals surface area (Å²) in [6.07, 6.45) is 0.222. The van der Waals surface area contributed by atoms with Gasteiger partial charge in [0, 0.05) is 30.5 Å². The first-order valence-corrected chi connectivity index (χ1v) is 7.29. The van der Waals surface area contributed by atoms with E-state index < -0.39 is 11.6 Å². The second kappa shape index (κ2) is 6.34. The number of rotatable bonds is 3. The fourth-order valence-electron chi connectivity index (χ4n) is 1.94. The molecule has 19 heavy (non-hydrogen) atoms. The van der Waals surface area contributed by atoms with Crippen LogP contribution >= 0.6 is 11.8 Å². The Bertz CT molecular complexity index is 476. The zero-order chi connectivity index (χ0) is 13.8. The Morgan fingerprint density at radius 3 is 3.00 bits per heavy atom. The highest BCUT2D eigenvalue weighted by molar-refractivity contribution is 7.99. The van der Waals surface area contributed by atoms with Crippen molar-refractivity contribution < 1.29 is 13.6 Å². The molecule has 1 amide bonds. The maximum absolute atomic E-state index is 13.7. The topological polar surface area (TPSA) is 41.1 Å². The third-order valence-electron chi connectivity index (χ3n) is 2.98. The molecule has 0 saturated carbocycles. The normalized spacial score (nSPS) is 19.2. The lowest BCUT2D eigenvalue weighted by molar-refractivity contribution is -0.116. The summed E-state index contributed by atoms with van der Waals surface area (Å²) in [4.78, 5) is 11.8. The molecule has 3 nitrogen and oxygen atoms in total. The van der Waals surface area contributed by atoms with Gasteiger partial charge in [-0.3, -0.25) is 4.79 Å². The van der Waals surface area contributed by atoms with Crippen molar-refractivity contribution in [3.05, 3.63) is 29.3 Å². The Hall–Kier alpha value is -1.14. The number of halogens is 2. The lowest BCUT2D eigenvalue weighted by atomic mass is 10.1. The SMILES string of the molecule is Cc1ccc(F)c(NC(=O)CC2CSCCN2)c1F. The summed E-state index contributed by atoms with van der Waals surface area (Å²) < 4.78 is 27.2. The van der Waals surface area contributed by atoms with Crippen LogP contribution in [0.4, 0.5) is 14.5 Å². The van der Waals surface area contributed by atoms with Crippen molar-refractivity contribution in [2.45, 2.75) is 19.4 Å². The number of hydrogen-bond acceptors (Lipinski definition) is 3. The fourth-order valence-corrected chi connectivity index (χ4v) is 2.89. The lowest BCUT2D eigenvalue weighted by Gasteiger charge is -2.22. The molecule has 2 N–H and O–H groups in total. The maximum Gasteiger partial charge on any atom is 0.226 e. The van der Waals surface area contributed by atoms with E-state index in [0.717, 1.165) is 24.1 Å². The molecular weight excluding hydrogens is 270 g/mol. The van der Waals surface area contributed by atoms with Gasteiger partial charge in [-0.15, -0.1) is 0 Å². The number of thioether (sulfide) groups is 1. The molecule has 0 aromatic heterocycles. The summed E-state index contributed by atoms with van der Waals surface area (Å²) in [5.41, 5.74) is -0.0449. The molecule has 6 heteroatoms. The van der Waals surface area contributed by atoms with E-state index in [1.807, 2.05) is 0 Å². The number of benzene rings is 1. The standard InChI is InChI=1S/C13H16F2N2OS/c1-8-2-3-10(14)13(12(8)15)17-11(18)6-9-7-19-5-4-16-9/h2-3,9,16H,4-7H2,1H3,(H,17,18). The van der Waals surface area contributed by atoms with Crippen LogP contribution < -0.4 is 10.6 Å². The number of hydrogen-bond donors (Lipinski definition) is 2. The summed E-state index contributed by atoms with van der Waals surface area (Å²) >= 11 is 1.77. The molecule has 0 aliphatic carbocycles. The molecule has 1 heterocycles. The van der Waals surface area contributed by atoms with Crippen LogP contribution in [-0.4, -0.2) is 30.0 Å². The molecule has 0 spiro atoms. The molecule has 1 unspecified atom stereocenters. The zero-order valence-electron chi connectivity index (χ0n) is 10.6. The van der Waals surface area contributed by atoms with E-state index in [2.05, 4.69) is 10.6 Å². The van der Waals surface area contributed by atoms with Crippen molar-refractivity contribution in [1.29, 1.82) is 0 Å². The molecular formula is C13H16F2N2OS. The van der Waals surface area contributed by atoms with E-state index in [4.69, 9.17) is 0 Å². The highest BCUT2D eigenvalue weighted by Crippen LogP contribution is 2.22. The minimum Gasteiger partial charge on any atom is -0.321 e. The van der Waals surface area contributed by atoms with Gasteiger partial charge in [-0.1, -0.05) is 6.07 Å². The average Bonchev–Trinajstić information content (AvgIpc) is 2.40. The summed E-state index contributed by atoms with van der Waals surface area (Å²) in [5.74, 6) is 0.0380. The van der Waals surface area contributed by atoms with E-state index in [9.17, 15) is 13.6 Å². The average molecular weight is 286 g/mol. The maximum atomic E-state index is 13.7. The third kappa shape index (κ3) is 3.67. The highest BCUT2D eigenvalue weighted by atomic mass is 32.2. The van der Waals surface area contributed by atoms with Crippen molar-refractivity contribution in [3.63, 3.8) is 0 Å². The zero-order valence-corrected chi connectivity index (χ0v) is 11.4. The van der Waals surface area contributed by atoms with E-state index >= 15 is 0 Å². The molecule has 1 aliphatic heterocycles. The number of carbonyl (C=O) groups excluding carboxylic acids is 1. The van der Waals surface area contributed by atoms with Crippen molar-refractivity contribution in [2.24, 2.45) is 0 Å². The molecule has 1 aliphatic rings. The Kier molecular flexibility index (Phi) is 4.76. The minimum absolute atomic E-state index is 0.0645. The van der Waals surface area contributed by atoms with Crippen molar-refractivity contribution in [2.75, 3.05) is 23.4 Å². The van der Waals surface area contributed by atoms with Crippen LogP contribution in [0.15, 0.2) is 12.1 Å². The lowest BCUT2D eigenvalue weighted by Crippen LogP contribution is -2.40. The van der Waals surface area contributed by atoms with E-state index in [1.54, 1.807) is 11.8 Å². The first kappa shape index (κ1) is 14.3. The fraction of sp³-hybridized carbons (Fsp3) is 0.462. The van der Waals surface area contributed by atoms with E-state index in [1.165, 1.54) is 13.0 Å². The molecule has 1 saturated heterocycles. The van der Waals surface area contributed by atoms with Crippen LogP contribution in [-0.2, 0) is 4.79 Å². The highest BCUT2D eigenvalue weighted by Gasteiger charge is 2.19. The first-order valence-electron chi connectivity index (χ1n) is 6.13. The van der Waals surface area contributed by atoms with Crippen LogP contribution in [0.2, 0.25) is 0 Å². The van der Waals surface area contributed by atoms with Crippen molar-refractivity contribution >= 4 is 23.4 Å². The van der Waals surface area contributed by atoms with Crippen LogP contribution in [0.25, 0.3) is 0 Å². The van der Waals surface area contributed by atoms with Crippen molar-refractivity contribution in [3.8, 4) is 0 Å². The minimum atomic E-state index is -0.748. The summed E-state index contributed by atoms with van der Waals surface area (Å²) in [5, 5.41) is 5.54. The largest absolute Gasteiger partial charge is 0.321 e. The molecule has 0 bridgehead atoms. The third-order valence-corrected chi connectivity index (χ3v) is 4.11. The molecule has 1 atom stereocenters. The van der Waals surface area contributed by atoms with Crippen LogP contribution in [0.1, 0.15) is 12.0 Å². The van der Waals surface area contributed by atoms with E-state index in [-0.39, 0.29) is 24.1 Å². The monoisotopic (exact) mass is 286 g/mol. The first-order chi connectivity index (χ1) is 9.08. The van der Waals surface area contributed by atoms with Crippen LogP contribution in [0.5, 0.6) is 0 Å². The van der Waals surface area contributed by atoms with Crippen LogP contribution in [0, 0.1) is 18.6 Å². The van der Waals surface area contributed by atoms with Gasteiger partial charge in [-0.05, 0) is 18.6 Å². The summed E-state index contributed by atoms with van der Waals surface area (Å²) in [6, 6.07) is 2.57. The second-order valence-corrected chi connectivity index (χ2v) is 5.68. The Labute approximate surface area is 115 Å². The van der Waals surface area contributed by atoms with Gasteiger partial charge in [0.2, 0.25) is 5.91 Å². The molecule has 104 valence electrons. The molecule has 1 fully saturated rings. The molecule has 1 aromatic carbocycles. The Morgan fingerprint density at radius 2 is 2.32 bits per heavy atom. The Morgan fingerprint density at radius 1 is 1.53 bits per heavy atom. The number of aryl methyl sites for hydroxylation is 1. The van der Waals surface area contributed by atoms with Gasteiger partial charge in [0.25, 0.3) is 0 Å². The predicted octanol–water partition coefficient (Wildman–Crippen LogP) is 2.31. The number of amides is 1. The number of anilines is 1. The second-order valence-electron chi connectivity index (χ2n) is 4.53. The predicted molar refractivity (Wildman–Crippen MR) is 73.5 cm³/mol. The molecule has 0 radical (unpaired) electrons. The van der Waals surface area contributed by atoms with Gasteiger partial charge in [0.15, 0.2) is 5.82 Å². The van der Waals surface area contributed by atoms with Crippen molar-refractivity contribution in [1.82, 2.24) is 5.32 Å². The summed E-state index contributed by atoms with van der Waals surface area (Å²) in [7, 11) is 0. The van der Waals surface area contributed by atoms with Gasteiger partial charge in [0.05, 0.1) is 0 Å². The number of carbonyl (C=O) groups is 1. The number of nitrogens with one attached hydrogen (secondary N) is 2. The quantitative estimate of drug-likeness (QED) is 0.896. The van der Waals surface area contributed by atoms with Gasteiger partial charge >= 0.3 is 0 Å². The smallest absolute Gasteiger partial charge is 0.226 e. The van der Waals surface area contributed by atoms with E-state index in [0.29, 0.717) is 5.56 Å². The van der Waals surface area contributed by atoms with Gasteiger partial charge < -0.3 is 10.6 Å². The van der Waals surface area contributed by atoms with Gasteiger partial charge in [-0.2, -0.15) is 11.8 Å². The Balaban J connectivity index is 2.00. The molecule has 2 rings (SSSR count). The van der Waals surface area contributed by atoms with Gasteiger partial charge in [-0.25, -0.2) is 8.78 Å². The summed E-state index contributed by atoms with van der Waals surface area (Å²) in [6.45, 7) is 2.39. The molecule has 1 aromatic rings. The van der Waals surface area contributed by atoms with Gasteiger partial charge in [0.1, 0.15) is 11.5 Å².